The highest BCUT2D eigenvalue weighted by molar-refractivity contribution is 9.10. The summed E-state index contributed by atoms with van der Waals surface area (Å²) >= 11 is 3.53. The summed E-state index contributed by atoms with van der Waals surface area (Å²) in [4.78, 5) is 11.7. The fourth-order valence-electron chi connectivity index (χ4n) is 2.59. The molecule has 1 saturated heterocycles. The van der Waals surface area contributed by atoms with Crippen LogP contribution in [0.1, 0.15) is 24.8 Å². The van der Waals surface area contributed by atoms with Crippen molar-refractivity contribution in [2.24, 2.45) is 0 Å². The normalized spacial score (nSPS) is 21.6. The van der Waals surface area contributed by atoms with E-state index in [1.807, 2.05) is 12.1 Å². The van der Waals surface area contributed by atoms with E-state index in [0.29, 0.717) is 19.8 Å². The van der Waals surface area contributed by atoms with Crippen molar-refractivity contribution in [3.8, 4) is 11.5 Å². The fraction of sp³-hybridized carbons (Fsp3) is 0.533. The molecule has 6 heteroatoms. The maximum absolute atomic E-state index is 11.7. The first kappa shape index (κ1) is 14.7. The van der Waals surface area contributed by atoms with Crippen molar-refractivity contribution >= 4 is 21.8 Å². The number of piperidine rings is 1. The SMILES string of the molecule is O=C1NCCCC1NCc1cc(Br)c2c(c1)OCCCO2. The van der Waals surface area contributed by atoms with Gasteiger partial charge in [0, 0.05) is 19.5 Å². The molecule has 1 aromatic carbocycles. The average molecular weight is 355 g/mol. The summed E-state index contributed by atoms with van der Waals surface area (Å²) in [5.74, 6) is 1.63. The lowest BCUT2D eigenvalue weighted by Crippen LogP contribution is -2.47. The third-order valence-electron chi connectivity index (χ3n) is 3.70. The molecular formula is C15H19BrN2O3. The third-order valence-corrected chi connectivity index (χ3v) is 4.29. The molecule has 2 aliphatic rings. The van der Waals surface area contributed by atoms with Crippen LogP contribution >= 0.6 is 15.9 Å². The lowest BCUT2D eigenvalue weighted by atomic mass is 10.1. The largest absolute Gasteiger partial charge is 0.490 e. The molecule has 0 aromatic heterocycles. The van der Waals surface area contributed by atoms with E-state index in [1.54, 1.807) is 0 Å². The van der Waals surface area contributed by atoms with Crippen LogP contribution in [-0.4, -0.2) is 31.7 Å². The number of carbonyl (C=O) groups excluding carboxylic acids is 1. The molecule has 1 amide bonds. The van der Waals surface area contributed by atoms with Gasteiger partial charge in [-0.3, -0.25) is 4.79 Å². The number of hydrogen-bond donors (Lipinski definition) is 2. The molecule has 2 aliphatic heterocycles. The molecule has 5 nitrogen and oxygen atoms in total. The first-order chi connectivity index (χ1) is 10.2. The van der Waals surface area contributed by atoms with Gasteiger partial charge >= 0.3 is 0 Å². The number of hydrogen-bond acceptors (Lipinski definition) is 4. The van der Waals surface area contributed by atoms with Gasteiger partial charge in [0.25, 0.3) is 0 Å². The molecule has 0 spiro atoms. The van der Waals surface area contributed by atoms with Crippen LogP contribution in [0.25, 0.3) is 0 Å². The number of ether oxygens (including phenoxy) is 2. The second-order valence-corrected chi connectivity index (χ2v) is 6.18. The van der Waals surface area contributed by atoms with E-state index in [2.05, 4.69) is 26.6 Å². The number of halogens is 1. The molecule has 1 atom stereocenters. The van der Waals surface area contributed by atoms with E-state index >= 15 is 0 Å². The van der Waals surface area contributed by atoms with Crippen molar-refractivity contribution in [3.05, 3.63) is 22.2 Å². The zero-order valence-electron chi connectivity index (χ0n) is 11.8. The van der Waals surface area contributed by atoms with Gasteiger partial charge in [-0.1, -0.05) is 0 Å². The summed E-state index contributed by atoms with van der Waals surface area (Å²) in [6.07, 6.45) is 2.79. The van der Waals surface area contributed by atoms with E-state index in [4.69, 9.17) is 9.47 Å². The molecule has 0 aliphatic carbocycles. The third kappa shape index (κ3) is 3.49. The molecule has 1 aromatic rings. The molecule has 1 unspecified atom stereocenters. The molecule has 0 saturated carbocycles. The van der Waals surface area contributed by atoms with E-state index in [0.717, 1.165) is 47.3 Å². The average Bonchev–Trinajstić information content (AvgIpc) is 2.72. The van der Waals surface area contributed by atoms with Gasteiger partial charge in [-0.15, -0.1) is 0 Å². The Morgan fingerprint density at radius 1 is 1.29 bits per heavy atom. The summed E-state index contributed by atoms with van der Waals surface area (Å²) in [6, 6.07) is 3.90. The molecule has 2 N–H and O–H groups in total. The Morgan fingerprint density at radius 3 is 3.00 bits per heavy atom. The Labute approximate surface area is 132 Å². The molecule has 3 rings (SSSR count). The lowest BCUT2D eigenvalue weighted by molar-refractivity contribution is -0.124. The number of rotatable bonds is 3. The smallest absolute Gasteiger partial charge is 0.237 e. The Morgan fingerprint density at radius 2 is 2.14 bits per heavy atom. The van der Waals surface area contributed by atoms with Crippen LogP contribution in [0.2, 0.25) is 0 Å². The molecule has 2 heterocycles. The Balaban J connectivity index is 1.69. The number of benzene rings is 1. The highest BCUT2D eigenvalue weighted by atomic mass is 79.9. The highest BCUT2D eigenvalue weighted by Crippen LogP contribution is 2.38. The number of amides is 1. The van der Waals surface area contributed by atoms with E-state index in [-0.39, 0.29) is 11.9 Å². The summed E-state index contributed by atoms with van der Waals surface area (Å²) in [5.41, 5.74) is 1.07. The van der Waals surface area contributed by atoms with Crippen LogP contribution in [0.4, 0.5) is 0 Å². The van der Waals surface area contributed by atoms with Crippen molar-refractivity contribution in [2.75, 3.05) is 19.8 Å². The van der Waals surface area contributed by atoms with Crippen LogP contribution in [-0.2, 0) is 11.3 Å². The van der Waals surface area contributed by atoms with Crippen LogP contribution < -0.4 is 20.1 Å². The van der Waals surface area contributed by atoms with Gasteiger partial charge < -0.3 is 20.1 Å². The minimum absolute atomic E-state index is 0.0923. The van der Waals surface area contributed by atoms with Crippen LogP contribution in [0, 0.1) is 0 Å². The molecule has 0 radical (unpaired) electrons. The Bertz CT molecular complexity index is 536. The zero-order chi connectivity index (χ0) is 14.7. The van der Waals surface area contributed by atoms with E-state index in [1.165, 1.54) is 0 Å². The molecule has 0 bridgehead atoms. The lowest BCUT2D eigenvalue weighted by Gasteiger charge is -2.23. The van der Waals surface area contributed by atoms with Gasteiger partial charge in [-0.05, 0) is 46.5 Å². The quantitative estimate of drug-likeness (QED) is 0.871. The predicted octanol–water partition coefficient (Wildman–Crippen LogP) is 1.98. The summed E-state index contributed by atoms with van der Waals surface area (Å²) in [5, 5.41) is 6.19. The minimum Gasteiger partial charge on any atom is -0.490 e. The maximum Gasteiger partial charge on any atom is 0.237 e. The summed E-state index contributed by atoms with van der Waals surface area (Å²) < 4.78 is 12.3. The standard InChI is InChI=1S/C15H19BrN2O3/c16-11-7-10(8-13-14(11)21-6-2-5-20-13)9-18-12-3-1-4-17-15(12)19/h7-8,12,18H,1-6,9H2,(H,17,19). The second kappa shape index (κ2) is 6.66. The van der Waals surface area contributed by atoms with Crippen molar-refractivity contribution in [3.63, 3.8) is 0 Å². The fourth-order valence-corrected chi connectivity index (χ4v) is 3.20. The second-order valence-electron chi connectivity index (χ2n) is 5.32. The Hall–Kier alpha value is -1.27. The number of fused-ring (bicyclic) bond motifs is 1. The summed E-state index contributed by atoms with van der Waals surface area (Å²) in [6.45, 7) is 2.76. The van der Waals surface area contributed by atoms with Gasteiger partial charge in [0.05, 0.1) is 23.7 Å². The molecule has 21 heavy (non-hydrogen) atoms. The highest BCUT2D eigenvalue weighted by Gasteiger charge is 2.21. The van der Waals surface area contributed by atoms with E-state index < -0.39 is 0 Å². The van der Waals surface area contributed by atoms with Crippen molar-refractivity contribution < 1.29 is 14.3 Å². The van der Waals surface area contributed by atoms with Crippen LogP contribution in [0.15, 0.2) is 16.6 Å². The van der Waals surface area contributed by atoms with Crippen molar-refractivity contribution in [1.29, 1.82) is 0 Å². The molecule has 114 valence electrons. The maximum atomic E-state index is 11.7. The molecule has 1 fully saturated rings. The number of nitrogens with one attached hydrogen (secondary N) is 2. The van der Waals surface area contributed by atoms with Gasteiger partial charge in [0.15, 0.2) is 11.5 Å². The zero-order valence-corrected chi connectivity index (χ0v) is 13.4. The summed E-state index contributed by atoms with van der Waals surface area (Å²) in [7, 11) is 0. The van der Waals surface area contributed by atoms with Gasteiger partial charge in [0.2, 0.25) is 5.91 Å². The first-order valence-electron chi connectivity index (χ1n) is 7.33. The number of carbonyl (C=O) groups is 1. The van der Waals surface area contributed by atoms with Gasteiger partial charge in [0.1, 0.15) is 0 Å². The van der Waals surface area contributed by atoms with Crippen LogP contribution in [0.5, 0.6) is 11.5 Å². The molecular weight excluding hydrogens is 336 g/mol. The monoisotopic (exact) mass is 354 g/mol. The van der Waals surface area contributed by atoms with Crippen LogP contribution in [0.3, 0.4) is 0 Å². The minimum atomic E-state index is -0.103. The topological polar surface area (TPSA) is 59.6 Å². The first-order valence-corrected chi connectivity index (χ1v) is 8.12. The van der Waals surface area contributed by atoms with Crippen molar-refractivity contribution in [1.82, 2.24) is 10.6 Å². The predicted molar refractivity (Wildman–Crippen MR) is 82.6 cm³/mol. The van der Waals surface area contributed by atoms with Gasteiger partial charge in [-0.2, -0.15) is 0 Å². The van der Waals surface area contributed by atoms with Crippen molar-refractivity contribution in [2.45, 2.75) is 31.8 Å². The van der Waals surface area contributed by atoms with E-state index in [9.17, 15) is 4.79 Å². The van der Waals surface area contributed by atoms with Gasteiger partial charge in [-0.25, -0.2) is 0 Å². The Kier molecular flexibility index (Phi) is 4.65.